The van der Waals surface area contributed by atoms with Gasteiger partial charge in [0, 0.05) is 33.3 Å². The highest BCUT2D eigenvalue weighted by Crippen LogP contribution is 2.51. The van der Waals surface area contributed by atoms with Crippen LogP contribution in [-0.4, -0.2) is 40.2 Å². The molecule has 56 heavy (non-hydrogen) atoms. The SMILES string of the molecule is CC(C)(C)CC(C)(C)c1c[c]c(O)c(-n2nc3ccc(Cl)cc3n2)c1-c1ccccc1-c1c(C(C)(C)CC(C)(C)C)c[c]c(O)c1-n1nc2ccc(Cl)cc2n1. The first-order valence-electron chi connectivity index (χ1n) is 18.8. The van der Waals surface area contributed by atoms with Crippen molar-refractivity contribution in [2.45, 2.75) is 92.9 Å². The number of nitrogens with zero attached hydrogens (tertiary/aromatic N) is 6. The Bertz CT molecular complexity index is 2440. The van der Waals surface area contributed by atoms with Gasteiger partial charge in [0.25, 0.3) is 0 Å². The molecule has 0 saturated heterocycles. The van der Waals surface area contributed by atoms with Crippen LogP contribution in [0.1, 0.15) is 93.2 Å². The van der Waals surface area contributed by atoms with Crippen molar-refractivity contribution in [1.29, 1.82) is 0 Å². The molecule has 7 aromatic rings. The van der Waals surface area contributed by atoms with Gasteiger partial charge < -0.3 is 10.2 Å². The molecule has 0 aliphatic rings. The summed E-state index contributed by atoms with van der Waals surface area (Å²) in [5.74, 6) is -0.211. The molecule has 7 rings (SSSR count). The first-order chi connectivity index (χ1) is 26.1. The Morgan fingerprint density at radius 1 is 0.536 bits per heavy atom. The molecule has 10 heteroatoms. The highest BCUT2D eigenvalue weighted by atomic mass is 35.5. The molecule has 288 valence electrons. The van der Waals surface area contributed by atoms with E-state index in [0.29, 0.717) is 43.5 Å². The molecule has 0 amide bonds. The molecule has 5 aromatic carbocycles. The Morgan fingerprint density at radius 2 is 0.893 bits per heavy atom. The lowest BCUT2D eigenvalue weighted by Gasteiger charge is -2.36. The third-order valence-electron chi connectivity index (χ3n) is 10.1. The molecule has 0 saturated carbocycles. The second kappa shape index (κ2) is 13.9. The number of phenols is 2. The van der Waals surface area contributed by atoms with Gasteiger partial charge in [-0.05, 0) is 105 Å². The van der Waals surface area contributed by atoms with Gasteiger partial charge in [-0.2, -0.15) is 0 Å². The van der Waals surface area contributed by atoms with Gasteiger partial charge in [-0.1, -0.05) is 117 Å². The van der Waals surface area contributed by atoms with E-state index in [1.54, 1.807) is 24.3 Å². The predicted octanol–water partition coefficient (Wildman–Crippen LogP) is 12.2. The molecule has 0 bridgehead atoms. The molecule has 2 heterocycles. The lowest BCUT2D eigenvalue weighted by Crippen LogP contribution is -2.27. The Labute approximate surface area is 339 Å². The molecule has 0 unspecified atom stereocenters. The fourth-order valence-corrected chi connectivity index (χ4v) is 9.13. The number of phenolic OH excluding ortho intramolecular Hbond substituents is 2. The molecule has 8 nitrogen and oxygen atoms in total. The van der Waals surface area contributed by atoms with Crippen LogP contribution in [-0.2, 0) is 10.8 Å². The molecule has 2 N–H and O–H groups in total. The van der Waals surface area contributed by atoms with Crippen LogP contribution in [0, 0.1) is 23.0 Å². The molecule has 0 aliphatic carbocycles. The van der Waals surface area contributed by atoms with Gasteiger partial charge >= 0.3 is 0 Å². The van der Waals surface area contributed by atoms with Gasteiger partial charge in [-0.3, -0.25) is 0 Å². The van der Waals surface area contributed by atoms with Gasteiger partial charge in [-0.15, -0.1) is 30.0 Å². The summed E-state index contributed by atoms with van der Waals surface area (Å²) < 4.78 is 0. The maximum Gasteiger partial charge on any atom is 0.151 e. The summed E-state index contributed by atoms with van der Waals surface area (Å²) in [7, 11) is 0. The minimum absolute atomic E-state index is 0.0389. The molecule has 2 aromatic heterocycles. The van der Waals surface area contributed by atoms with E-state index in [9.17, 15) is 10.2 Å². The second-order valence-electron chi connectivity index (χ2n) is 18.6. The zero-order valence-electron chi connectivity index (χ0n) is 33.7. The first-order valence-corrected chi connectivity index (χ1v) is 19.6. The molecular formula is C46H48Cl2N6O2. The monoisotopic (exact) mass is 786 g/mol. The number of hydrogen-bond acceptors (Lipinski definition) is 6. The van der Waals surface area contributed by atoms with Crippen LogP contribution in [0.3, 0.4) is 0 Å². The highest BCUT2D eigenvalue weighted by Gasteiger charge is 2.36. The van der Waals surface area contributed by atoms with Gasteiger partial charge in [0.2, 0.25) is 0 Å². The minimum atomic E-state index is -0.417. The first kappa shape index (κ1) is 39.3. The largest absolute Gasteiger partial charge is 0.505 e. The van der Waals surface area contributed by atoms with Crippen LogP contribution in [0.2, 0.25) is 10.0 Å². The second-order valence-corrected chi connectivity index (χ2v) is 19.5. The number of halogens is 2. The topological polar surface area (TPSA) is 102 Å². The Morgan fingerprint density at radius 3 is 1.25 bits per heavy atom. The van der Waals surface area contributed by atoms with E-state index in [1.165, 1.54) is 9.59 Å². The summed E-state index contributed by atoms with van der Waals surface area (Å²) in [5, 5.41) is 44.3. The standard InChI is InChI=1S/C46H48Cl2N6O2/c1-43(2,3)25-45(7,8)31-17-21-37(55)41(53-49-33-19-15-27(47)23-35(33)51-53)39(31)29-13-11-12-14-30(29)40-32(46(9,10)26-44(4,5)6)18-22-38(56)42(40)54-50-34-20-16-28(48)24-36(34)52-54/h11-20,23-24,55-56H,25-26H2,1-10H3. The summed E-state index contributed by atoms with van der Waals surface area (Å²) in [4.78, 5) is 2.98. The van der Waals surface area contributed by atoms with Crippen molar-refractivity contribution < 1.29 is 10.2 Å². The summed E-state index contributed by atoms with van der Waals surface area (Å²) in [6.45, 7) is 22.3. The Kier molecular flexibility index (Phi) is 9.78. The van der Waals surface area contributed by atoms with Crippen molar-refractivity contribution in [3.05, 3.63) is 106 Å². The van der Waals surface area contributed by atoms with Crippen molar-refractivity contribution >= 4 is 45.3 Å². The van der Waals surface area contributed by atoms with E-state index < -0.39 is 10.8 Å². The number of fused-ring (bicyclic) bond motifs is 2. The zero-order chi connectivity index (χ0) is 40.5. The average molecular weight is 788 g/mol. The summed E-state index contributed by atoms with van der Waals surface area (Å²) in [5.41, 5.74) is 7.24. The van der Waals surface area contributed by atoms with Gasteiger partial charge in [0.05, 0.1) is 0 Å². The average Bonchev–Trinajstić information content (AvgIpc) is 3.69. The van der Waals surface area contributed by atoms with Gasteiger partial charge in [-0.25, -0.2) is 0 Å². The maximum atomic E-state index is 11.9. The van der Waals surface area contributed by atoms with E-state index in [-0.39, 0.29) is 22.3 Å². The molecule has 2 radical (unpaired) electrons. The van der Waals surface area contributed by atoms with Crippen molar-refractivity contribution in [3.63, 3.8) is 0 Å². The normalized spacial score (nSPS) is 12.9. The number of aromatic nitrogens is 6. The van der Waals surface area contributed by atoms with E-state index in [4.69, 9.17) is 43.6 Å². The third-order valence-corrected chi connectivity index (χ3v) is 10.6. The van der Waals surface area contributed by atoms with Gasteiger partial charge in [0.15, 0.2) is 11.5 Å². The van der Waals surface area contributed by atoms with Crippen LogP contribution in [0.5, 0.6) is 11.5 Å². The van der Waals surface area contributed by atoms with Crippen molar-refractivity contribution in [2.24, 2.45) is 10.8 Å². The molecular weight excluding hydrogens is 739 g/mol. The van der Waals surface area contributed by atoms with E-state index >= 15 is 0 Å². The number of rotatable bonds is 8. The van der Waals surface area contributed by atoms with Crippen LogP contribution in [0.15, 0.2) is 72.8 Å². The summed E-state index contributed by atoms with van der Waals surface area (Å²) in [6.07, 6.45) is 1.64. The van der Waals surface area contributed by atoms with E-state index in [2.05, 4.69) is 93.5 Å². The fourth-order valence-electron chi connectivity index (χ4n) is 8.79. The van der Waals surface area contributed by atoms with Crippen LogP contribution < -0.4 is 0 Å². The van der Waals surface area contributed by atoms with E-state index in [1.807, 2.05) is 36.4 Å². The summed E-state index contributed by atoms with van der Waals surface area (Å²) in [6, 6.07) is 28.9. The van der Waals surface area contributed by atoms with Crippen LogP contribution >= 0.6 is 23.2 Å². The number of benzene rings is 5. The maximum absolute atomic E-state index is 11.9. The quantitative estimate of drug-likeness (QED) is 0.159. The Balaban J connectivity index is 1.62. The fraction of sp³-hybridized carbons (Fsp3) is 0.348. The number of aromatic hydroxyl groups is 2. The Hall–Kier alpha value is -4.92. The molecule has 0 spiro atoms. The smallest absolute Gasteiger partial charge is 0.151 e. The predicted molar refractivity (Wildman–Crippen MR) is 227 cm³/mol. The minimum Gasteiger partial charge on any atom is -0.505 e. The lowest BCUT2D eigenvalue weighted by atomic mass is 9.68. The van der Waals surface area contributed by atoms with Gasteiger partial charge in [0.1, 0.15) is 33.4 Å². The number of hydrogen-bond donors (Lipinski definition) is 2. The zero-order valence-corrected chi connectivity index (χ0v) is 35.2. The summed E-state index contributed by atoms with van der Waals surface area (Å²) >= 11 is 12.8. The van der Waals surface area contributed by atoms with Crippen molar-refractivity contribution in [2.75, 3.05) is 0 Å². The highest BCUT2D eigenvalue weighted by molar-refractivity contribution is 6.31. The van der Waals surface area contributed by atoms with Crippen molar-refractivity contribution in [3.8, 4) is 45.1 Å². The molecule has 0 aliphatic heterocycles. The molecule has 0 fully saturated rings. The van der Waals surface area contributed by atoms with Crippen molar-refractivity contribution in [1.82, 2.24) is 30.0 Å². The van der Waals surface area contributed by atoms with Crippen LogP contribution in [0.4, 0.5) is 0 Å². The lowest BCUT2D eigenvalue weighted by molar-refractivity contribution is 0.283. The third kappa shape index (κ3) is 7.61. The van der Waals surface area contributed by atoms with Crippen LogP contribution in [0.25, 0.3) is 55.7 Å². The molecule has 0 atom stereocenters. The van der Waals surface area contributed by atoms with E-state index in [0.717, 1.165) is 46.2 Å².